The van der Waals surface area contributed by atoms with Crippen molar-refractivity contribution in [2.45, 2.75) is 45.2 Å². The number of nitrogens with zero attached hydrogens (tertiary/aromatic N) is 2. The van der Waals surface area contributed by atoms with Crippen molar-refractivity contribution in [3.8, 4) is 5.75 Å². The average Bonchev–Trinajstić information content (AvgIpc) is 3.26. The van der Waals surface area contributed by atoms with Crippen LogP contribution in [0.3, 0.4) is 0 Å². The first kappa shape index (κ1) is 19.9. The summed E-state index contributed by atoms with van der Waals surface area (Å²) in [6, 6.07) is 15.0. The Bertz CT molecular complexity index is 1090. The molecule has 0 radical (unpaired) electrons. The molecule has 0 saturated heterocycles. The van der Waals surface area contributed by atoms with E-state index in [1.54, 1.807) is 24.3 Å². The minimum atomic E-state index is -0.434. The number of anilines is 2. The van der Waals surface area contributed by atoms with Crippen molar-refractivity contribution in [1.29, 1.82) is 0 Å². The van der Waals surface area contributed by atoms with Gasteiger partial charge < -0.3 is 15.4 Å². The summed E-state index contributed by atoms with van der Waals surface area (Å²) in [4.78, 5) is 29.6. The first-order valence-corrected chi connectivity index (χ1v) is 10.4. The van der Waals surface area contributed by atoms with Crippen LogP contribution in [0.25, 0.3) is 10.9 Å². The number of nitrogens with one attached hydrogen (secondary N) is 2. The van der Waals surface area contributed by atoms with E-state index in [2.05, 4.69) is 15.6 Å². The first-order valence-electron chi connectivity index (χ1n) is 10.4. The Kier molecular flexibility index (Phi) is 5.97. The van der Waals surface area contributed by atoms with E-state index < -0.39 is 5.69 Å². The monoisotopic (exact) mass is 406 g/mol. The zero-order valence-electron chi connectivity index (χ0n) is 17.1. The molecule has 1 aromatic heterocycles. The predicted octanol–water partition coefficient (Wildman–Crippen LogP) is 3.79. The van der Waals surface area contributed by atoms with Crippen LogP contribution in [-0.4, -0.2) is 28.1 Å². The van der Waals surface area contributed by atoms with Crippen LogP contribution in [0.2, 0.25) is 0 Å². The van der Waals surface area contributed by atoms with Gasteiger partial charge in [-0.05, 0) is 56.2 Å². The van der Waals surface area contributed by atoms with E-state index in [1.807, 2.05) is 31.2 Å². The molecule has 1 aliphatic carbocycles. The maximum atomic E-state index is 12.7. The lowest BCUT2D eigenvalue weighted by Crippen LogP contribution is -2.31. The summed E-state index contributed by atoms with van der Waals surface area (Å²) < 4.78 is 6.83. The van der Waals surface area contributed by atoms with E-state index in [0.717, 1.165) is 24.0 Å². The van der Waals surface area contributed by atoms with Crippen molar-refractivity contribution < 1.29 is 9.53 Å². The average molecular weight is 406 g/mol. The highest BCUT2D eigenvalue weighted by Gasteiger charge is 2.18. The smallest absolute Gasteiger partial charge is 0.350 e. The summed E-state index contributed by atoms with van der Waals surface area (Å²) in [5.41, 5.74) is 0.907. The lowest BCUT2D eigenvalue weighted by atomic mass is 10.2. The number of hydrogen-bond donors (Lipinski definition) is 2. The normalized spacial score (nSPS) is 14.0. The molecule has 2 aromatic carbocycles. The van der Waals surface area contributed by atoms with Crippen molar-refractivity contribution in [2.24, 2.45) is 0 Å². The molecule has 156 valence electrons. The Morgan fingerprint density at radius 2 is 1.87 bits per heavy atom. The maximum Gasteiger partial charge on any atom is 0.350 e. The molecule has 1 aliphatic rings. The molecular weight excluding hydrogens is 380 g/mol. The standard InChI is InChI=1S/C23H26N4O3/c1-2-30-18-13-11-17(12-14-18)24-21(28)15-27-20-10-6-5-9-19(20)22(26-23(27)29)25-16-7-3-4-8-16/h5-6,9-14,16H,2-4,7-8,15H2,1H3,(H,24,28)(H,25,26,29). The first-order chi connectivity index (χ1) is 14.6. The molecule has 2 N–H and O–H groups in total. The Hall–Kier alpha value is -3.35. The van der Waals surface area contributed by atoms with Gasteiger partial charge in [0.2, 0.25) is 5.91 Å². The number of amides is 1. The number of aromatic nitrogens is 2. The number of carbonyl (C=O) groups is 1. The molecule has 0 atom stereocenters. The third kappa shape index (κ3) is 4.45. The number of hydrogen-bond acceptors (Lipinski definition) is 5. The second-order valence-electron chi connectivity index (χ2n) is 7.48. The Morgan fingerprint density at radius 1 is 1.13 bits per heavy atom. The summed E-state index contributed by atoms with van der Waals surface area (Å²) in [7, 11) is 0. The summed E-state index contributed by atoms with van der Waals surface area (Å²) >= 11 is 0. The maximum absolute atomic E-state index is 12.7. The number of rotatable bonds is 7. The summed E-state index contributed by atoms with van der Waals surface area (Å²) in [5, 5.41) is 7.10. The lowest BCUT2D eigenvalue weighted by Gasteiger charge is -2.17. The van der Waals surface area contributed by atoms with E-state index >= 15 is 0 Å². The number of carbonyl (C=O) groups excluding carboxylic acids is 1. The fourth-order valence-corrected chi connectivity index (χ4v) is 3.90. The molecular formula is C23H26N4O3. The van der Waals surface area contributed by atoms with Crippen molar-refractivity contribution in [1.82, 2.24) is 9.55 Å². The molecule has 3 aromatic rings. The van der Waals surface area contributed by atoms with Crippen LogP contribution in [0.4, 0.5) is 11.5 Å². The highest BCUT2D eigenvalue weighted by atomic mass is 16.5. The highest BCUT2D eigenvalue weighted by molar-refractivity contribution is 5.93. The summed E-state index contributed by atoms with van der Waals surface area (Å²) in [6.07, 6.45) is 4.56. The molecule has 1 heterocycles. The van der Waals surface area contributed by atoms with Gasteiger partial charge in [0.05, 0.1) is 12.1 Å². The van der Waals surface area contributed by atoms with Gasteiger partial charge in [-0.2, -0.15) is 4.98 Å². The Morgan fingerprint density at radius 3 is 2.60 bits per heavy atom. The van der Waals surface area contributed by atoms with Crippen molar-refractivity contribution in [3.05, 3.63) is 59.0 Å². The van der Waals surface area contributed by atoms with Gasteiger partial charge in [-0.25, -0.2) is 4.79 Å². The van der Waals surface area contributed by atoms with Crippen LogP contribution >= 0.6 is 0 Å². The third-order valence-corrected chi connectivity index (χ3v) is 5.34. The summed E-state index contributed by atoms with van der Waals surface area (Å²) in [6.45, 7) is 2.39. The zero-order chi connectivity index (χ0) is 20.9. The van der Waals surface area contributed by atoms with Gasteiger partial charge in [0.25, 0.3) is 0 Å². The van der Waals surface area contributed by atoms with E-state index in [-0.39, 0.29) is 12.5 Å². The Balaban J connectivity index is 1.55. The highest BCUT2D eigenvalue weighted by Crippen LogP contribution is 2.25. The molecule has 1 saturated carbocycles. The second-order valence-corrected chi connectivity index (χ2v) is 7.48. The van der Waals surface area contributed by atoms with Crippen LogP contribution in [0.15, 0.2) is 53.3 Å². The summed E-state index contributed by atoms with van der Waals surface area (Å²) in [5.74, 6) is 1.06. The SMILES string of the molecule is CCOc1ccc(NC(=O)Cn2c(=O)nc(NC3CCCC3)c3ccccc32)cc1. The molecule has 0 spiro atoms. The van der Waals surface area contributed by atoms with Crippen LogP contribution in [0.1, 0.15) is 32.6 Å². The molecule has 30 heavy (non-hydrogen) atoms. The van der Waals surface area contributed by atoms with E-state index in [0.29, 0.717) is 29.7 Å². The molecule has 1 amide bonds. The predicted molar refractivity (Wildman–Crippen MR) is 118 cm³/mol. The van der Waals surface area contributed by atoms with Crippen molar-refractivity contribution in [3.63, 3.8) is 0 Å². The molecule has 0 aliphatic heterocycles. The minimum Gasteiger partial charge on any atom is -0.494 e. The van der Waals surface area contributed by atoms with Gasteiger partial charge in [-0.3, -0.25) is 9.36 Å². The van der Waals surface area contributed by atoms with Crippen molar-refractivity contribution >= 4 is 28.3 Å². The molecule has 0 bridgehead atoms. The van der Waals surface area contributed by atoms with Gasteiger partial charge >= 0.3 is 5.69 Å². The largest absolute Gasteiger partial charge is 0.494 e. The quantitative estimate of drug-likeness (QED) is 0.624. The van der Waals surface area contributed by atoms with Crippen LogP contribution in [0.5, 0.6) is 5.75 Å². The molecule has 0 unspecified atom stereocenters. The van der Waals surface area contributed by atoms with Gasteiger partial charge in [0.1, 0.15) is 18.1 Å². The Labute approximate surface area is 175 Å². The molecule has 1 fully saturated rings. The third-order valence-electron chi connectivity index (χ3n) is 5.34. The molecule has 7 heteroatoms. The number of ether oxygens (including phenoxy) is 1. The van der Waals surface area contributed by atoms with Gasteiger partial charge in [0.15, 0.2) is 0 Å². The number of fused-ring (bicyclic) bond motifs is 1. The minimum absolute atomic E-state index is 0.108. The van der Waals surface area contributed by atoms with Gasteiger partial charge in [-0.15, -0.1) is 0 Å². The van der Waals surface area contributed by atoms with Crippen LogP contribution in [0, 0.1) is 0 Å². The van der Waals surface area contributed by atoms with Gasteiger partial charge in [-0.1, -0.05) is 25.0 Å². The van der Waals surface area contributed by atoms with Crippen LogP contribution < -0.4 is 21.1 Å². The van der Waals surface area contributed by atoms with Crippen LogP contribution in [-0.2, 0) is 11.3 Å². The van der Waals surface area contributed by atoms with Crippen molar-refractivity contribution in [2.75, 3.05) is 17.2 Å². The fraction of sp³-hybridized carbons (Fsp3) is 0.348. The fourth-order valence-electron chi connectivity index (χ4n) is 3.90. The van der Waals surface area contributed by atoms with E-state index in [4.69, 9.17) is 4.74 Å². The lowest BCUT2D eigenvalue weighted by molar-refractivity contribution is -0.116. The van der Waals surface area contributed by atoms with E-state index in [1.165, 1.54) is 17.4 Å². The number of para-hydroxylation sites is 1. The van der Waals surface area contributed by atoms with E-state index in [9.17, 15) is 9.59 Å². The molecule has 4 rings (SSSR count). The topological polar surface area (TPSA) is 85.2 Å². The number of benzene rings is 2. The zero-order valence-corrected chi connectivity index (χ0v) is 17.1. The van der Waals surface area contributed by atoms with Gasteiger partial charge in [0, 0.05) is 17.1 Å². The molecule has 7 nitrogen and oxygen atoms in total. The second kappa shape index (κ2) is 8.98.